The Bertz CT molecular complexity index is 393. The van der Waals surface area contributed by atoms with Crippen molar-refractivity contribution >= 4 is 11.7 Å². The number of carbonyl (C=O) groups excluding carboxylic acids is 1. The molecule has 2 aliphatic rings. The van der Waals surface area contributed by atoms with E-state index in [0.29, 0.717) is 6.04 Å². The van der Waals surface area contributed by atoms with E-state index in [-0.39, 0.29) is 6.03 Å². The second kappa shape index (κ2) is 3.79. The quantitative estimate of drug-likeness (QED) is 0.758. The number of piperazine rings is 1. The fourth-order valence-corrected chi connectivity index (χ4v) is 2.44. The Morgan fingerprint density at radius 1 is 1.25 bits per heavy atom. The van der Waals surface area contributed by atoms with Crippen molar-refractivity contribution in [1.82, 2.24) is 10.2 Å². The van der Waals surface area contributed by atoms with Gasteiger partial charge in [0.25, 0.3) is 0 Å². The molecule has 4 heteroatoms. The molecule has 1 N–H and O–H groups in total. The Labute approximate surface area is 94.8 Å². The third-order valence-electron chi connectivity index (χ3n) is 3.29. The standard InChI is InChI=1S/C12H15N3O/c16-12-14-7-6-13-8-11(14)9-15(12)10-4-2-1-3-5-10/h1-5,11,13H,6-9H2/t11-/m1/s1. The number of urea groups is 1. The van der Waals surface area contributed by atoms with Crippen LogP contribution in [0.3, 0.4) is 0 Å². The van der Waals surface area contributed by atoms with Crippen molar-refractivity contribution in [1.29, 1.82) is 0 Å². The van der Waals surface area contributed by atoms with Crippen LogP contribution in [0, 0.1) is 0 Å². The van der Waals surface area contributed by atoms with Crippen LogP contribution in [0.25, 0.3) is 0 Å². The molecule has 0 aliphatic carbocycles. The predicted octanol–water partition coefficient (Wildman–Crippen LogP) is 0.900. The predicted molar refractivity (Wildman–Crippen MR) is 62.5 cm³/mol. The molecular weight excluding hydrogens is 202 g/mol. The molecule has 2 heterocycles. The minimum Gasteiger partial charge on any atom is -0.317 e. The van der Waals surface area contributed by atoms with Crippen LogP contribution in [0.15, 0.2) is 30.3 Å². The van der Waals surface area contributed by atoms with E-state index < -0.39 is 0 Å². The first-order valence-corrected chi connectivity index (χ1v) is 5.70. The first-order chi connectivity index (χ1) is 7.86. The molecule has 2 fully saturated rings. The van der Waals surface area contributed by atoms with Crippen molar-refractivity contribution in [3.8, 4) is 0 Å². The molecule has 0 bridgehead atoms. The minimum absolute atomic E-state index is 0.151. The highest BCUT2D eigenvalue weighted by Crippen LogP contribution is 2.23. The second-order valence-corrected chi connectivity index (χ2v) is 4.28. The molecule has 0 spiro atoms. The van der Waals surface area contributed by atoms with Gasteiger partial charge in [0.05, 0.1) is 6.04 Å². The van der Waals surface area contributed by atoms with Crippen LogP contribution in [0.2, 0.25) is 0 Å². The van der Waals surface area contributed by atoms with Crippen molar-refractivity contribution in [2.24, 2.45) is 0 Å². The average Bonchev–Trinajstić information content (AvgIpc) is 2.69. The number of hydrogen-bond acceptors (Lipinski definition) is 2. The molecule has 1 aromatic rings. The maximum atomic E-state index is 12.2. The molecule has 84 valence electrons. The fourth-order valence-electron chi connectivity index (χ4n) is 2.44. The Hall–Kier alpha value is -1.55. The number of hydrogen-bond donors (Lipinski definition) is 1. The highest BCUT2D eigenvalue weighted by atomic mass is 16.2. The number of anilines is 1. The number of fused-ring (bicyclic) bond motifs is 1. The molecule has 2 amide bonds. The highest BCUT2D eigenvalue weighted by molar-refractivity contribution is 5.94. The largest absolute Gasteiger partial charge is 0.324 e. The molecule has 0 saturated carbocycles. The van der Waals surface area contributed by atoms with Gasteiger partial charge < -0.3 is 10.2 Å². The van der Waals surface area contributed by atoms with E-state index in [9.17, 15) is 4.79 Å². The summed E-state index contributed by atoms with van der Waals surface area (Å²) in [6, 6.07) is 10.4. The third kappa shape index (κ3) is 1.46. The zero-order valence-corrected chi connectivity index (χ0v) is 9.10. The van der Waals surface area contributed by atoms with E-state index in [0.717, 1.165) is 31.9 Å². The first kappa shape index (κ1) is 9.66. The van der Waals surface area contributed by atoms with Crippen LogP contribution in [-0.4, -0.2) is 43.2 Å². The van der Waals surface area contributed by atoms with E-state index in [1.165, 1.54) is 0 Å². The van der Waals surface area contributed by atoms with Gasteiger partial charge in [0.1, 0.15) is 0 Å². The van der Waals surface area contributed by atoms with Crippen LogP contribution < -0.4 is 10.2 Å². The summed E-state index contributed by atoms with van der Waals surface area (Å²) in [6.45, 7) is 3.45. The number of carbonyl (C=O) groups is 1. The Morgan fingerprint density at radius 2 is 2.06 bits per heavy atom. The van der Waals surface area contributed by atoms with Gasteiger partial charge in [-0.15, -0.1) is 0 Å². The van der Waals surface area contributed by atoms with Crippen LogP contribution in [-0.2, 0) is 0 Å². The third-order valence-corrected chi connectivity index (χ3v) is 3.29. The van der Waals surface area contributed by atoms with E-state index in [2.05, 4.69) is 5.32 Å². The number of para-hydroxylation sites is 1. The van der Waals surface area contributed by atoms with Gasteiger partial charge in [0, 0.05) is 31.9 Å². The molecule has 2 saturated heterocycles. The molecule has 16 heavy (non-hydrogen) atoms. The van der Waals surface area contributed by atoms with Crippen molar-refractivity contribution in [2.45, 2.75) is 6.04 Å². The molecule has 0 aromatic heterocycles. The molecule has 1 atom stereocenters. The van der Waals surface area contributed by atoms with E-state index in [1.54, 1.807) is 0 Å². The summed E-state index contributed by atoms with van der Waals surface area (Å²) in [5.41, 5.74) is 1.00. The zero-order valence-electron chi connectivity index (χ0n) is 9.10. The Balaban J connectivity index is 1.86. The number of nitrogens with zero attached hydrogens (tertiary/aromatic N) is 2. The van der Waals surface area contributed by atoms with Gasteiger partial charge in [-0.3, -0.25) is 4.90 Å². The fraction of sp³-hybridized carbons (Fsp3) is 0.417. The lowest BCUT2D eigenvalue weighted by Gasteiger charge is -2.28. The smallest absolute Gasteiger partial charge is 0.317 e. The van der Waals surface area contributed by atoms with E-state index in [4.69, 9.17) is 0 Å². The van der Waals surface area contributed by atoms with Gasteiger partial charge in [0.15, 0.2) is 0 Å². The topological polar surface area (TPSA) is 35.6 Å². The van der Waals surface area contributed by atoms with Gasteiger partial charge in [0.2, 0.25) is 0 Å². The lowest BCUT2D eigenvalue weighted by Crippen LogP contribution is -2.49. The molecule has 0 radical (unpaired) electrons. The van der Waals surface area contributed by atoms with Crippen molar-refractivity contribution in [2.75, 3.05) is 31.1 Å². The normalized spacial score (nSPS) is 24.8. The summed E-state index contributed by atoms with van der Waals surface area (Å²) in [6.07, 6.45) is 0. The number of nitrogens with one attached hydrogen (secondary N) is 1. The Kier molecular flexibility index (Phi) is 2.29. The van der Waals surface area contributed by atoms with Crippen molar-refractivity contribution < 1.29 is 4.79 Å². The zero-order chi connectivity index (χ0) is 11.0. The lowest BCUT2D eigenvalue weighted by atomic mass is 10.2. The van der Waals surface area contributed by atoms with Crippen LogP contribution in [0.4, 0.5) is 10.5 Å². The highest BCUT2D eigenvalue weighted by Gasteiger charge is 2.38. The maximum absolute atomic E-state index is 12.2. The number of benzene rings is 1. The van der Waals surface area contributed by atoms with Gasteiger partial charge in [-0.2, -0.15) is 0 Å². The first-order valence-electron chi connectivity index (χ1n) is 5.70. The molecule has 1 aromatic carbocycles. The van der Waals surface area contributed by atoms with Gasteiger partial charge >= 0.3 is 6.03 Å². The molecule has 0 unspecified atom stereocenters. The maximum Gasteiger partial charge on any atom is 0.324 e. The van der Waals surface area contributed by atoms with Crippen LogP contribution >= 0.6 is 0 Å². The summed E-state index contributed by atoms with van der Waals surface area (Å²) < 4.78 is 0. The van der Waals surface area contributed by atoms with Crippen molar-refractivity contribution in [3.63, 3.8) is 0 Å². The van der Waals surface area contributed by atoms with Crippen LogP contribution in [0.5, 0.6) is 0 Å². The Morgan fingerprint density at radius 3 is 2.81 bits per heavy atom. The lowest BCUT2D eigenvalue weighted by molar-refractivity contribution is 0.193. The summed E-state index contributed by atoms with van der Waals surface area (Å²) >= 11 is 0. The molecular formula is C12H15N3O. The van der Waals surface area contributed by atoms with Gasteiger partial charge in [-0.25, -0.2) is 4.79 Å². The SMILES string of the molecule is O=C1N(c2ccccc2)C[C@H]2CNCCN12. The molecule has 4 nitrogen and oxygen atoms in total. The average molecular weight is 217 g/mol. The minimum atomic E-state index is 0.151. The van der Waals surface area contributed by atoms with E-state index >= 15 is 0 Å². The summed E-state index contributed by atoms with van der Waals surface area (Å²) in [5, 5.41) is 3.33. The van der Waals surface area contributed by atoms with Crippen molar-refractivity contribution in [3.05, 3.63) is 30.3 Å². The van der Waals surface area contributed by atoms with Gasteiger partial charge in [-0.05, 0) is 12.1 Å². The molecule has 2 aliphatic heterocycles. The monoisotopic (exact) mass is 217 g/mol. The van der Waals surface area contributed by atoms with E-state index in [1.807, 2.05) is 40.1 Å². The van der Waals surface area contributed by atoms with Gasteiger partial charge in [-0.1, -0.05) is 18.2 Å². The summed E-state index contributed by atoms with van der Waals surface area (Å²) in [7, 11) is 0. The summed E-state index contributed by atoms with van der Waals surface area (Å²) in [5.74, 6) is 0. The molecule has 3 rings (SSSR count). The summed E-state index contributed by atoms with van der Waals surface area (Å²) in [4.78, 5) is 16.0. The van der Waals surface area contributed by atoms with Crippen LogP contribution in [0.1, 0.15) is 0 Å². The second-order valence-electron chi connectivity index (χ2n) is 4.28. The number of rotatable bonds is 1. The number of amides is 2.